The van der Waals surface area contributed by atoms with Crippen molar-refractivity contribution < 1.29 is 4.52 Å². The molecule has 3 heterocycles. The molecule has 130 valence electrons. The largest absolute Gasteiger partial charge is 0.368 e. The molecule has 0 atom stereocenters. The third-order valence-electron chi connectivity index (χ3n) is 3.99. The fourth-order valence-corrected chi connectivity index (χ4v) is 3.70. The lowest BCUT2D eigenvalue weighted by atomic mass is 10.1. The Bertz CT molecular complexity index is 1150. The van der Waals surface area contributed by atoms with Gasteiger partial charge in [0.15, 0.2) is 4.96 Å². The van der Waals surface area contributed by atoms with Crippen LogP contribution in [0.1, 0.15) is 11.3 Å². The lowest BCUT2D eigenvalue weighted by Gasteiger charge is -1.96. The second kappa shape index (κ2) is 6.65. The summed E-state index contributed by atoms with van der Waals surface area (Å²) in [6, 6.07) is 18.6. The van der Waals surface area contributed by atoms with Crippen molar-refractivity contribution in [2.24, 2.45) is 0 Å². The van der Waals surface area contributed by atoms with Gasteiger partial charge in [0.25, 0.3) is 0 Å². The van der Waals surface area contributed by atoms with E-state index in [1.54, 1.807) is 17.4 Å². The number of imidazole rings is 1. The van der Waals surface area contributed by atoms with Gasteiger partial charge in [-0.25, -0.2) is 4.98 Å². The number of rotatable bonds is 1. The van der Waals surface area contributed by atoms with Crippen molar-refractivity contribution in [1.82, 2.24) is 14.5 Å². The van der Waals surface area contributed by atoms with Gasteiger partial charge in [-0.05, 0) is 26.0 Å². The quantitative estimate of drug-likeness (QED) is 0.451. The third-order valence-corrected chi connectivity index (χ3v) is 5.03. The van der Waals surface area contributed by atoms with E-state index in [1.165, 1.54) is 21.3 Å². The van der Waals surface area contributed by atoms with E-state index in [-0.39, 0.29) is 0 Å². The van der Waals surface area contributed by atoms with Crippen molar-refractivity contribution in [2.45, 2.75) is 13.8 Å². The van der Waals surface area contributed by atoms with Crippen LogP contribution in [0.4, 0.5) is 5.88 Å². The normalized spacial score (nSPS) is 10.8. The molecule has 0 aliphatic rings. The van der Waals surface area contributed by atoms with Gasteiger partial charge < -0.3 is 10.3 Å². The minimum Gasteiger partial charge on any atom is -0.368 e. The molecule has 5 rings (SSSR count). The summed E-state index contributed by atoms with van der Waals surface area (Å²) in [6.45, 7) is 3.92. The number of fused-ring (bicyclic) bond motifs is 3. The topological polar surface area (TPSA) is 69.3 Å². The third kappa shape index (κ3) is 3.19. The fourth-order valence-electron chi connectivity index (χ4n) is 2.70. The minimum atomic E-state index is 0.373. The van der Waals surface area contributed by atoms with Gasteiger partial charge in [0.2, 0.25) is 5.88 Å². The number of nitrogens with two attached hydrogens (primary N) is 1. The maximum Gasteiger partial charge on any atom is 0.222 e. The zero-order valence-electron chi connectivity index (χ0n) is 14.5. The average Bonchev–Trinajstić information content (AvgIpc) is 3.30. The molecule has 0 saturated carbocycles. The Hall–Kier alpha value is -3.12. The molecule has 0 aliphatic heterocycles. The first kappa shape index (κ1) is 16.4. The average molecular weight is 362 g/mol. The van der Waals surface area contributed by atoms with Crippen LogP contribution < -0.4 is 5.73 Å². The van der Waals surface area contributed by atoms with E-state index in [2.05, 4.69) is 75.7 Å². The van der Waals surface area contributed by atoms with E-state index >= 15 is 0 Å². The predicted octanol–water partition coefficient (Wildman–Crippen LogP) is 5.09. The second-order valence-corrected chi connectivity index (χ2v) is 7.09. The highest BCUT2D eigenvalue weighted by atomic mass is 32.1. The lowest BCUT2D eigenvalue weighted by molar-refractivity contribution is 0.431. The van der Waals surface area contributed by atoms with E-state index in [9.17, 15) is 0 Å². The molecule has 6 heteroatoms. The lowest BCUT2D eigenvalue weighted by Crippen LogP contribution is -1.78. The fraction of sp³-hybridized carbons (Fsp3) is 0.100. The molecule has 0 aliphatic carbocycles. The molecule has 0 fully saturated rings. The zero-order chi connectivity index (χ0) is 18.1. The van der Waals surface area contributed by atoms with Crippen LogP contribution in [0.15, 0.2) is 65.3 Å². The smallest absolute Gasteiger partial charge is 0.222 e. The Morgan fingerprint density at radius 2 is 1.81 bits per heavy atom. The summed E-state index contributed by atoms with van der Waals surface area (Å²) in [5.74, 6) is 0.373. The number of aromatic nitrogens is 3. The van der Waals surface area contributed by atoms with Gasteiger partial charge >= 0.3 is 0 Å². The van der Waals surface area contributed by atoms with E-state index in [0.29, 0.717) is 5.88 Å². The molecule has 0 bridgehead atoms. The molecular formula is C20H18N4OS. The summed E-state index contributed by atoms with van der Waals surface area (Å²) in [6.07, 6.45) is 2.12. The van der Waals surface area contributed by atoms with E-state index < -0.39 is 0 Å². The molecule has 5 nitrogen and oxygen atoms in total. The van der Waals surface area contributed by atoms with E-state index in [4.69, 9.17) is 10.7 Å². The van der Waals surface area contributed by atoms with Crippen LogP contribution in [-0.4, -0.2) is 14.5 Å². The second-order valence-electron chi connectivity index (χ2n) is 6.09. The maximum atomic E-state index is 5.15. The van der Waals surface area contributed by atoms with Crippen molar-refractivity contribution in [3.63, 3.8) is 0 Å². The molecule has 2 aromatic carbocycles. The number of para-hydroxylation sites is 1. The Labute approximate surface area is 154 Å². The van der Waals surface area contributed by atoms with Crippen molar-refractivity contribution in [2.75, 3.05) is 5.73 Å². The highest BCUT2D eigenvalue weighted by molar-refractivity contribution is 7.23. The Morgan fingerprint density at radius 3 is 2.46 bits per heavy atom. The molecule has 26 heavy (non-hydrogen) atoms. The highest BCUT2D eigenvalue weighted by Crippen LogP contribution is 2.29. The monoisotopic (exact) mass is 362 g/mol. The standard InChI is InChI=1S/C16H12N2S.C4H6N2O/c1-11-6-8-12(9-7-11)13-10-18-14-4-2-3-5-15(14)19-16(18)17-13;1-3-2-4(5)7-6-3/h2-10H,1H3;2H,5H2,1H3. The predicted molar refractivity (Wildman–Crippen MR) is 106 cm³/mol. The number of thiazole rings is 1. The van der Waals surface area contributed by atoms with Crippen molar-refractivity contribution in [3.8, 4) is 11.3 Å². The van der Waals surface area contributed by atoms with Crippen LogP contribution in [-0.2, 0) is 0 Å². The van der Waals surface area contributed by atoms with Crippen LogP contribution in [0.2, 0.25) is 0 Å². The first-order chi connectivity index (χ1) is 12.6. The van der Waals surface area contributed by atoms with Gasteiger partial charge in [-0.15, -0.1) is 0 Å². The minimum absolute atomic E-state index is 0.373. The number of benzene rings is 2. The molecule has 2 N–H and O–H groups in total. The number of nitrogens with zero attached hydrogens (tertiary/aromatic N) is 3. The first-order valence-electron chi connectivity index (χ1n) is 8.22. The molecule has 0 spiro atoms. The summed E-state index contributed by atoms with van der Waals surface area (Å²) < 4.78 is 7.95. The summed E-state index contributed by atoms with van der Waals surface area (Å²) >= 11 is 1.73. The van der Waals surface area contributed by atoms with Gasteiger partial charge in [0.05, 0.1) is 21.6 Å². The van der Waals surface area contributed by atoms with Crippen molar-refractivity contribution in [3.05, 3.63) is 72.1 Å². The van der Waals surface area contributed by atoms with Gasteiger partial charge in [-0.3, -0.25) is 4.40 Å². The van der Waals surface area contributed by atoms with Crippen LogP contribution in [0, 0.1) is 13.8 Å². The summed E-state index contributed by atoms with van der Waals surface area (Å²) in [7, 11) is 0. The van der Waals surface area contributed by atoms with Gasteiger partial charge in [-0.1, -0.05) is 58.5 Å². The molecule has 0 radical (unpaired) electrons. The molecule has 3 aromatic heterocycles. The Balaban J connectivity index is 0.000000204. The Kier molecular flexibility index (Phi) is 4.18. The maximum absolute atomic E-state index is 5.15. The van der Waals surface area contributed by atoms with E-state index in [0.717, 1.165) is 16.3 Å². The summed E-state index contributed by atoms with van der Waals surface area (Å²) in [4.78, 5) is 5.78. The first-order valence-corrected chi connectivity index (χ1v) is 9.04. The number of hydrogen-bond acceptors (Lipinski definition) is 5. The van der Waals surface area contributed by atoms with Crippen molar-refractivity contribution >= 4 is 32.4 Å². The summed E-state index contributed by atoms with van der Waals surface area (Å²) in [5, 5.41) is 3.52. The Morgan fingerprint density at radius 1 is 1.04 bits per heavy atom. The van der Waals surface area contributed by atoms with Gasteiger partial charge in [0.1, 0.15) is 0 Å². The van der Waals surface area contributed by atoms with Crippen molar-refractivity contribution in [1.29, 1.82) is 0 Å². The highest BCUT2D eigenvalue weighted by Gasteiger charge is 2.09. The number of anilines is 1. The SMILES string of the molecule is Cc1cc(N)on1.Cc1ccc(-c2cn3c(n2)sc2ccccc23)cc1. The van der Waals surface area contributed by atoms with Gasteiger partial charge in [-0.2, -0.15) is 0 Å². The van der Waals surface area contributed by atoms with E-state index in [1.807, 2.05) is 6.92 Å². The van der Waals surface area contributed by atoms with Crippen LogP contribution in [0.5, 0.6) is 0 Å². The van der Waals surface area contributed by atoms with Crippen LogP contribution in [0.3, 0.4) is 0 Å². The summed E-state index contributed by atoms with van der Waals surface area (Å²) in [5.41, 5.74) is 10.7. The number of hydrogen-bond donors (Lipinski definition) is 1. The molecule has 0 amide bonds. The van der Waals surface area contributed by atoms with Crippen LogP contribution in [0.25, 0.3) is 26.4 Å². The van der Waals surface area contributed by atoms with Gasteiger partial charge in [0, 0.05) is 17.8 Å². The molecular weight excluding hydrogens is 344 g/mol. The van der Waals surface area contributed by atoms with Crippen LogP contribution >= 0.6 is 11.3 Å². The number of nitrogen functional groups attached to an aromatic ring is 1. The molecule has 0 unspecified atom stereocenters. The molecule has 0 saturated heterocycles. The zero-order valence-corrected chi connectivity index (χ0v) is 15.3. The molecule has 5 aromatic rings. The number of aryl methyl sites for hydroxylation is 2.